The van der Waals surface area contributed by atoms with E-state index in [1.165, 1.54) is 29.3 Å². The molecule has 1 saturated heterocycles. The van der Waals surface area contributed by atoms with Gasteiger partial charge in [0.05, 0.1) is 11.2 Å². The highest BCUT2D eigenvalue weighted by Gasteiger charge is 2.20. The first-order chi connectivity index (χ1) is 14.3. The maximum atomic E-state index is 11.5. The molecule has 0 spiro atoms. The van der Waals surface area contributed by atoms with Crippen molar-refractivity contribution in [2.45, 2.75) is 19.3 Å². The number of hydrogen-bond acceptors (Lipinski definition) is 4. The van der Waals surface area contributed by atoms with Crippen LogP contribution in [0.4, 0.5) is 5.69 Å². The van der Waals surface area contributed by atoms with Gasteiger partial charge in [-0.2, -0.15) is 0 Å². The van der Waals surface area contributed by atoms with Gasteiger partial charge in [-0.25, -0.2) is 4.79 Å². The van der Waals surface area contributed by atoms with Crippen molar-refractivity contribution < 1.29 is 4.42 Å². The predicted molar refractivity (Wildman–Crippen MR) is 117 cm³/mol. The largest absolute Gasteiger partial charge is 0.417 e. The van der Waals surface area contributed by atoms with Crippen LogP contribution in [-0.2, 0) is 6.42 Å². The van der Waals surface area contributed by atoms with Crippen molar-refractivity contribution >= 4 is 27.7 Å². The van der Waals surface area contributed by atoms with Crippen molar-refractivity contribution in [1.29, 1.82) is 0 Å². The minimum atomic E-state index is -0.388. The van der Waals surface area contributed by atoms with E-state index in [1.807, 2.05) is 18.2 Å². The lowest BCUT2D eigenvalue weighted by molar-refractivity contribution is 0.253. The van der Waals surface area contributed by atoms with Crippen molar-refractivity contribution in [1.82, 2.24) is 14.9 Å². The van der Waals surface area contributed by atoms with Gasteiger partial charge in [-0.05, 0) is 49.6 Å². The van der Waals surface area contributed by atoms with Gasteiger partial charge in [-0.1, -0.05) is 24.3 Å². The second-order valence-corrected chi connectivity index (χ2v) is 7.81. The fourth-order valence-corrected chi connectivity index (χ4v) is 4.41. The molecule has 0 atom stereocenters. The first-order valence-electron chi connectivity index (χ1n) is 10.4. The zero-order valence-corrected chi connectivity index (χ0v) is 16.5. The van der Waals surface area contributed by atoms with Crippen LogP contribution in [0.15, 0.2) is 57.9 Å². The summed E-state index contributed by atoms with van der Waals surface area (Å²) < 4.78 is 5.36. The number of aryl methyl sites for hydroxylation is 1. The summed E-state index contributed by atoms with van der Waals surface area (Å²) in [7, 11) is 0. The van der Waals surface area contributed by atoms with Crippen LogP contribution in [0, 0.1) is 0 Å². The molecule has 150 valence electrons. The normalized spacial score (nSPS) is 15.5. The van der Waals surface area contributed by atoms with Crippen LogP contribution < -0.4 is 10.7 Å². The third-order valence-corrected chi connectivity index (χ3v) is 5.98. The molecule has 6 heteroatoms. The number of aromatic amines is 2. The van der Waals surface area contributed by atoms with Gasteiger partial charge in [0.15, 0.2) is 5.58 Å². The quantitative estimate of drug-likeness (QED) is 0.492. The molecule has 1 fully saturated rings. The summed E-state index contributed by atoms with van der Waals surface area (Å²) in [5, 5.41) is 1.35. The topological polar surface area (TPSA) is 68.3 Å². The van der Waals surface area contributed by atoms with Crippen molar-refractivity contribution in [3.8, 4) is 0 Å². The van der Waals surface area contributed by atoms with Gasteiger partial charge in [0.25, 0.3) is 0 Å². The molecule has 5 rings (SSSR count). The molecule has 0 saturated carbocycles. The summed E-state index contributed by atoms with van der Waals surface area (Å²) in [6.45, 7) is 5.13. The number of para-hydroxylation sites is 2. The summed E-state index contributed by atoms with van der Waals surface area (Å²) in [4.78, 5) is 22.5. The minimum Gasteiger partial charge on any atom is -0.406 e. The van der Waals surface area contributed by atoms with Crippen molar-refractivity contribution in [2.24, 2.45) is 0 Å². The van der Waals surface area contributed by atoms with E-state index < -0.39 is 0 Å². The number of piperazine rings is 1. The molecular formula is C23H26N4O2. The lowest BCUT2D eigenvalue weighted by Crippen LogP contribution is -2.46. The molecular weight excluding hydrogens is 364 g/mol. The predicted octanol–water partition coefficient (Wildman–Crippen LogP) is 3.75. The van der Waals surface area contributed by atoms with Gasteiger partial charge in [-0.3, -0.25) is 9.88 Å². The monoisotopic (exact) mass is 390 g/mol. The van der Waals surface area contributed by atoms with E-state index in [2.05, 4.69) is 50.2 Å². The third-order valence-electron chi connectivity index (χ3n) is 5.98. The molecule has 0 bridgehead atoms. The number of aromatic nitrogens is 2. The van der Waals surface area contributed by atoms with Crippen LogP contribution in [0.3, 0.4) is 0 Å². The standard InChI is InChI=1S/C23H26N4O2/c28-23-25-20-9-5-10-21(22(20)29-23)27-14-12-26(13-15-27)11-4-3-6-17-16-24-19-8-2-1-7-18(17)19/h1-2,5,7-10,16,24H,3-4,6,11-15H2,(H,25,28). The van der Waals surface area contributed by atoms with Gasteiger partial charge >= 0.3 is 5.76 Å². The average molecular weight is 390 g/mol. The first kappa shape index (κ1) is 18.1. The fourth-order valence-electron chi connectivity index (χ4n) is 4.41. The highest BCUT2D eigenvalue weighted by atomic mass is 16.4. The SMILES string of the molecule is O=c1[nH]c2cccc(N3CCN(CCCCc4c[nH]c5ccccc45)CC3)c2o1. The van der Waals surface area contributed by atoms with Crippen LogP contribution in [0.1, 0.15) is 18.4 Å². The van der Waals surface area contributed by atoms with Crippen LogP contribution >= 0.6 is 0 Å². The summed E-state index contributed by atoms with van der Waals surface area (Å²) in [5.41, 5.74) is 5.11. The van der Waals surface area contributed by atoms with Crippen LogP contribution in [-0.4, -0.2) is 47.6 Å². The van der Waals surface area contributed by atoms with Gasteiger partial charge in [0, 0.05) is 43.3 Å². The summed E-state index contributed by atoms with van der Waals surface area (Å²) >= 11 is 0. The zero-order chi connectivity index (χ0) is 19.6. The Bertz CT molecular complexity index is 1160. The summed E-state index contributed by atoms with van der Waals surface area (Å²) in [6, 6.07) is 14.4. The molecule has 2 N–H and O–H groups in total. The Kier molecular flexibility index (Phi) is 4.86. The van der Waals surface area contributed by atoms with E-state index in [4.69, 9.17) is 4.42 Å². The van der Waals surface area contributed by atoms with E-state index in [1.54, 1.807) is 0 Å². The van der Waals surface area contributed by atoms with Gasteiger partial charge in [0.2, 0.25) is 0 Å². The molecule has 6 nitrogen and oxygen atoms in total. The lowest BCUT2D eigenvalue weighted by Gasteiger charge is -2.36. The van der Waals surface area contributed by atoms with E-state index in [9.17, 15) is 4.79 Å². The third kappa shape index (κ3) is 3.68. The Morgan fingerprint density at radius 3 is 2.66 bits per heavy atom. The fraction of sp³-hybridized carbons (Fsp3) is 0.348. The molecule has 2 aromatic carbocycles. The molecule has 1 aliphatic heterocycles. The van der Waals surface area contributed by atoms with E-state index >= 15 is 0 Å². The van der Waals surface area contributed by atoms with Crippen molar-refractivity contribution in [3.05, 3.63) is 64.8 Å². The first-order valence-corrected chi connectivity index (χ1v) is 10.4. The summed E-state index contributed by atoms with van der Waals surface area (Å²) in [5.74, 6) is -0.388. The van der Waals surface area contributed by atoms with Crippen LogP contribution in [0.2, 0.25) is 0 Å². The second-order valence-electron chi connectivity index (χ2n) is 7.81. The van der Waals surface area contributed by atoms with Crippen molar-refractivity contribution in [3.63, 3.8) is 0 Å². The maximum absolute atomic E-state index is 11.5. The van der Waals surface area contributed by atoms with E-state index in [0.717, 1.165) is 50.3 Å². The number of unbranched alkanes of at least 4 members (excludes halogenated alkanes) is 1. The van der Waals surface area contributed by atoms with Crippen molar-refractivity contribution in [2.75, 3.05) is 37.6 Å². The summed E-state index contributed by atoms with van der Waals surface area (Å²) in [6.07, 6.45) is 5.69. The molecule has 1 aliphatic rings. The van der Waals surface area contributed by atoms with E-state index in [0.29, 0.717) is 5.58 Å². The van der Waals surface area contributed by atoms with Crippen LogP contribution in [0.25, 0.3) is 22.0 Å². The molecule has 2 aromatic heterocycles. The Morgan fingerprint density at radius 1 is 0.931 bits per heavy atom. The highest BCUT2D eigenvalue weighted by Crippen LogP contribution is 2.26. The number of nitrogens with one attached hydrogen (secondary N) is 2. The molecule has 0 unspecified atom stereocenters. The Morgan fingerprint density at radius 2 is 1.76 bits per heavy atom. The van der Waals surface area contributed by atoms with Gasteiger partial charge in [0.1, 0.15) is 0 Å². The molecule has 3 heterocycles. The molecule has 0 radical (unpaired) electrons. The number of anilines is 1. The van der Waals surface area contributed by atoms with Gasteiger partial charge < -0.3 is 14.3 Å². The number of H-pyrrole nitrogens is 2. The Labute approximate surface area is 169 Å². The molecule has 29 heavy (non-hydrogen) atoms. The molecule has 4 aromatic rings. The highest BCUT2D eigenvalue weighted by molar-refractivity contribution is 5.86. The van der Waals surface area contributed by atoms with Gasteiger partial charge in [-0.15, -0.1) is 0 Å². The lowest BCUT2D eigenvalue weighted by atomic mass is 10.1. The number of benzene rings is 2. The molecule has 0 amide bonds. The number of nitrogens with zero attached hydrogens (tertiary/aromatic N) is 2. The average Bonchev–Trinajstić information content (AvgIpc) is 3.34. The molecule has 0 aliphatic carbocycles. The Hall–Kier alpha value is -2.99. The number of oxazole rings is 1. The zero-order valence-electron chi connectivity index (χ0n) is 16.5. The number of hydrogen-bond donors (Lipinski definition) is 2. The number of rotatable bonds is 6. The smallest absolute Gasteiger partial charge is 0.406 e. The second kappa shape index (κ2) is 7.79. The minimum absolute atomic E-state index is 0.388. The van der Waals surface area contributed by atoms with E-state index in [-0.39, 0.29) is 5.76 Å². The Balaban J connectivity index is 1.12. The number of fused-ring (bicyclic) bond motifs is 2. The van der Waals surface area contributed by atoms with Crippen LogP contribution in [0.5, 0.6) is 0 Å². The maximum Gasteiger partial charge on any atom is 0.417 e.